The van der Waals surface area contributed by atoms with Crippen molar-refractivity contribution in [2.45, 2.75) is 20.3 Å². The zero-order valence-electron chi connectivity index (χ0n) is 11.2. The van der Waals surface area contributed by atoms with E-state index in [0.717, 1.165) is 24.9 Å². The van der Waals surface area contributed by atoms with Crippen molar-refractivity contribution in [1.82, 2.24) is 4.90 Å². The van der Waals surface area contributed by atoms with Crippen LogP contribution in [0.4, 0.5) is 5.69 Å². The van der Waals surface area contributed by atoms with Crippen LogP contribution in [-0.4, -0.2) is 31.6 Å². The summed E-state index contributed by atoms with van der Waals surface area (Å²) < 4.78 is 0. The highest BCUT2D eigenvalue weighted by atomic mass is 15.1. The van der Waals surface area contributed by atoms with Gasteiger partial charge in [0.15, 0.2) is 0 Å². The maximum Gasteiger partial charge on any atom is 0.0343 e. The standard InChI is InChI=1S/C15H24N2/c1-12-5-4-6-15(9-12)16-7-8-17(3)11-14-10-13(14)2/h4-6,9,13-14,16H,7-8,10-11H2,1-3H3. The average molecular weight is 232 g/mol. The van der Waals surface area contributed by atoms with Crippen molar-refractivity contribution in [3.05, 3.63) is 29.8 Å². The smallest absolute Gasteiger partial charge is 0.0343 e. The quantitative estimate of drug-likeness (QED) is 0.811. The summed E-state index contributed by atoms with van der Waals surface area (Å²) in [5.41, 5.74) is 2.55. The number of hydrogen-bond donors (Lipinski definition) is 1. The number of likely N-dealkylation sites (N-methyl/N-ethyl adjacent to an activating group) is 1. The van der Waals surface area contributed by atoms with Gasteiger partial charge in [-0.3, -0.25) is 0 Å². The van der Waals surface area contributed by atoms with Crippen LogP contribution in [0.15, 0.2) is 24.3 Å². The number of aryl methyl sites for hydroxylation is 1. The molecule has 1 N–H and O–H groups in total. The summed E-state index contributed by atoms with van der Waals surface area (Å²) in [5, 5.41) is 3.48. The second-order valence-electron chi connectivity index (χ2n) is 5.53. The van der Waals surface area contributed by atoms with E-state index < -0.39 is 0 Å². The molecule has 0 saturated heterocycles. The minimum Gasteiger partial charge on any atom is -0.384 e. The number of rotatable bonds is 6. The highest BCUT2D eigenvalue weighted by molar-refractivity contribution is 5.45. The second kappa shape index (κ2) is 5.54. The zero-order valence-corrected chi connectivity index (χ0v) is 11.2. The minimum absolute atomic E-state index is 0.957. The van der Waals surface area contributed by atoms with Gasteiger partial charge in [-0.25, -0.2) is 0 Å². The predicted octanol–water partition coefficient (Wildman–Crippen LogP) is 2.99. The van der Waals surface area contributed by atoms with Crippen molar-refractivity contribution < 1.29 is 0 Å². The van der Waals surface area contributed by atoms with Crippen LogP contribution in [0.1, 0.15) is 18.9 Å². The van der Waals surface area contributed by atoms with Gasteiger partial charge in [-0.05, 0) is 49.9 Å². The molecule has 0 heterocycles. The minimum atomic E-state index is 0.957. The lowest BCUT2D eigenvalue weighted by Gasteiger charge is -2.17. The van der Waals surface area contributed by atoms with Gasteiger partial charge in [0.2, 0.25) is 0 Å². The summed E-state index contributed by atoms with van der Waals surface area (Å²) in [6.45, 7) is 7.89. The number of nitrogens with zero attached hydrogens (tertiary/aromatic N) is 1. The van der Waals surface area contributed by atoms with Crippen LogP contribution >= 0.6 is 0 Å². The number of anilines is 1. The molecule has 1 aromatic carbocycles. The monoisotopic (exact) mass is 232 g/mol. The molecular weight excluding hydrogens is 208 g/mol. The summed E-state index contributed by atoms with van der Waals surface area (Å²) in [6.07, 6.45) is 1.43. The molecule has 0 aromatic heterocycles. The topological polar surface area (TPSA) is 15.3 Å². The van der Waals surface area contributed by atoms with E-state index in [1.54, 1.807) is 0 Å². The summed E-state index contributed by atoms with van der Waals surface area (Å²) >= 11 is 0. The molecule has 2 atom stereocenters. The summed E-state index contributed by atoms with van der Waals surface area (Å²) in [4.78, 5) is 2.44. The van der Waals surface area contributed by atoms with Crippen LogP contribution < -0.4 is 5.32 Å². The van der Waals surface area contributed by atoms with Gasteiger partial charge >= 0.3 is 0 Å². The van der Waals surface area contributed by atoms with Gasteiger partial charge in [-0.15, -0.1) is 0 Å². The molecule has 0 radical (unpaired) electrons. The highest BCUT2D eigenvalue weighted by Crippen LogP contribution is 2.37. The Morgan fingerprint density at radius 3 is 2.82 bits per heavy atom. The molecule has 0 bridgehead atoms. The summed E-state index contributed by atoms with van der Waals surface area (Å²) in [7, 11) is 2.23. The third-order valence-corrected chi connectivity index (χ3v) is 3.66. The molecule has 2 nitrogen and oxygen atoms in total. The van der Waals surface area contributed by atoms with Crippen LogP contribution in [0.3, 0.4) is 0 Å². The summed E-state index contributed by atoms with van der Waals surface area (Å²) in [6, 6.07) is 8.57. The molecule has 94 valence electrons. The van der Waals surface area contributed by atoms with Crippen LogP contribution in [-0.2, 0) is 0 Å². The Bertz CT molecular complexity index is 362. The van der Waals surface area contributed by atoms with Crippen LogP contribution in [0, 0.1) is 18.8 Å². The summed E-state index contributed by atoms with van der Waals surface area (Å²) in [5.74, 6) is 1.92. The third kappa shape index (κ3) is 4.04. The molecule has 2 heteroatoms. The van der Waals surface area contributed by atoms with Gasteiger partial charge in [0.25, 0.3) is 0 Å². The molecular formula is C15H24N2. The molecule has 2 unspecified atom stereocenters. The van der Waals surface area contributed by atoms with E-state index in [9.17, 15) is 0 Å². The van der Waals surface area contributed by atoms with E-state index in [0.29, 0.717) is 0 Å². The fourth-order valence-corrected chi connectivity index (χ4v) is 2.29. The number of hydrogen-bond acceptors (Lipinski definition) is 2. The molecule has 1 aliphatic rings. The van der Waals surface area contributed by atoms with E-state index >= 15 is 0 Å². The fourth-order valence-electron chi connectivity index (χ4n) is 2.29. The van der Waals surface area contributed by atoms with Gasteiger partial charge in [0, 0.05) is 25.3 Å². The highest BCUT2D eigenvalue weighted by Gasteiger charge is 2.32. The zero-order chi connectivity index (χ0) is 12.3. The van der Waals surface area contributed by atoms with Crippen molar-refractivity contribution in [2.75, 3.05) is 32.0 Å². The maximum absolute atomic E-state index is 3.48. The Labute approximate surface area is 105 Å². The average Bonchev–Trinajstić information content (AvgIpc) is 2.94. The molecule has 1 fully saturated rings. The number of benzene rings is 1. The molecule has 1 aliphatic carbocycles. The molecule has 0 amide bonds. The largest absolute Gasteiger partial charge is 0.384 e. The third-order valence-electron chi connectivity index (χ3n) is 3.66. The van der Waals surface area contributed by atoms with Crippen LogP contribution in [0.2, 0.25) is 0 Å². The Kier molecular flexibility index (Phi) is 4.06. The van der Waals surface area contributed by atoms with E-state index in [1.807, 2.05) is 0 Å². The Balaban J connectivity index is 1.65. The van der Waals surface area contributed by atoms with Gasteiger partial charge < -0.3 is 10.2 Å². The van der Waals surface area contributed by atoms with Crippen molar-refractivity contribution in [3.63, 3.8) is 0 Å². The molecule has 17 heavy (non-hydrogen) atoms. The van der Waals surface area contributed by atoms with Gasteiger partial charge in [-0.1, -0.05) is 19.1 Å². The Hall–Kier alpha value is -1.02. The van der Waals surface area contributed by atoms with E-state index in [4.69, 9.17) is 0 Å². The van der Waals surface area contributed by atoms with E-state index in [-0.39, 0.29) is 0 Å². The first-order valence-corrected chi connectivity index (χ1v) is 6.64. The van der Waals surface area contributed by atoms with Crippen molar-refractivity contribution in [3.8, 4) is 0 Å². The molecule has 2 rings (SSSR count). The first-order chi connectivity index (χ1) is 8.15. The Morgan fingerprint density at radius 1 is 1.41 bits per heavy atom. The van der Waals surface area contributed by atoms with Crippen LogP contribution in [0.25, 0.3) is 0 Å². The molecule has 0 spiro atoms. The molecule has 1 aromatic rings. The van der Waals surface area contributed by atoms with Crippen molar-refractivity contribution >= 4 is 5.69 Å². The predicted molar refractivity (Wildman–Crippen MR) is 74.4 cm³/mol. The van der Waals surface area contributed by atoms with Gasteiger partial charge in [-0.2, -0.15) is 0 Å². The fraction of sp³-hybridized carbons (Fsp3) is 0.600. The maximum atomic E-state index is 3.48. The van der Waals surface area contributed by atoms with Gasteiger partial charge in [0.1, 0.15) is 0 Å². The van der Waals surface area contributed by atoms with Gasteiger partial charge in [0.05, 0.1) is 0 Å². The van der Waals surface area contributed by atoms with Crippen molar-refractivity contribution in [2.24, 2.45) is 11.8 Å². The lowest BCUT2D eigenvalue weighted by Crippen LogP contribution is -2.27. The lowest BCUT2D eigenvalue weighted by atomic mass is 10.2. The van der Waals surface area contributed by atoms with E-state index in [2.05, 4.69) is 55.4 Å². The normalized spacial score (nSPS) is 22.8. The molecule has 1 saturated carbocycles. The first kappa shape index (κ1) is 12.4. The molecule has 0 aliphatic heterocycles. The van der Waals surface area contributed by atoms with E-state index in [1.165, 1.54) is 24.2 Å². The SMILES string of the molecule is Cc1cccc(NCCN(C)CC2CC2C)c1. The number of nitrogens with one attached hydrogen (secondary N) is 1. The van der Waals surface area contributed by atoms with Crippen LogP contribution in [0.5, 0.6) is 0 Å². The lowest BCUT2D eigenvalue weighted by molar-refractivity contribution is 0.326. The first-order valence-electron chi connectivity index (χ1n) is 6.64. The Morgan fingerprint density at radius 2 is 2.18 bits per heavy atom. The van der Waals surface area contributed by atoms with Crippen molar-refractivity contribution in [1.29, 1.82) is 0 Å². The second-order valence-corrected chi connectivity index (χ2v) is 5.53.